The van der Waals surface area contributed by atoms with Gasteiger partial charge in [-0.05, 0) is 26.0 Å². The first-order chi connectivity index (χ1) is 12.8. The molecule has 27 heavy (non-hydrogen) atoms. The number of aryl methyl sites for hydroxylation is 1. The number of fused-ring (bicyclic) bond motifs is 1. The standard InChI is InChI=1S/C18H21BrFN3O4/c1-10-13(15(21-22(10)3)8-26-9-25-4)7-23-16-6-12(19)5-14(20)17(16)27-11(2)18(23)24/h5-6,11H,7-9H2,1-4H3/t11-/m1/s1. The number of nitrogens with zero attached hydrogens (tertiary/aromatic N) is 3. The second kappa shape index (κ2) is 7.95. The fourth-order valence-corrected chi connectivity index (χ4v) is 3.43. The molecule has 2 aromatic rings. The van der Waals surface area contributed by atoms with Gasteiger partial charge in [0.15, 0.2) is 17.7 Å². The van der Waals surface area contributed by atoms with Crippen LogP contribution in [0.2, 0.25) is 0 Å². The predicted octanol–water partition coefficient (Wildman–Crippen LogP) is 3.06. The smallest absolute Gasteiger partial charge is 0.268 e. The van der Waals surface area contributed by atoms with Crippen molar-refractivity contribution in [3.8, 4) is 5.75 Å². The van der Waals surface area contributed by atoms with Crippen LogP contribution in [0.1, 0.15) is 23.9 Å². The van der Waals surface area contributed by atoms with E-state index in [1.54, 1.807) is 24.8 Å². The predicted molar refractivity (Wildman–Crippen MR) is 100.0 cm³/mol. The van der Waals surface area contributed by atoms with E-state index in [-0.39, 0.29) is 31.6 Å². The van der Waals surface area contributed by atoms with Crippen LogP contribution in [0, 0.1) is 12.7 Å². The van der Waals surface area contributed by atoms with Gasteiger partial charge in [0.05, 0.1) is 24.5 Å². The van der Waals surface area contributed by atoms with Crippen molar-refractivity contribution >= 4 is 27.5 Å². The number of carbonyl (C=O) groups excluding carboxylic acids is 1. The Balaban J connectivity index is 1.99. The van der Waals surface area contributed by atoms with E-state index in [9.17, 15) is 9.18 Å². The quantitative estimate of drug-likeness (QED) is 0.508. The molecule has 2 heterocycles. The summed E-state index contributed by atoms with van der Waals surface area (Å²) in [5.41, 5.74) is 2.84. The zero-order chi connectivity index (χ0) is 19.7. The van der Waals surface area contributed by atoms with Crippen molar-refractivity contribution < 1.29 is 23.4 Å². The minimum Gasteiger partial charge on any atom is -0.476 e. The van der Waals surface area contributed by atoms with Gasteiger partial charge in [-0.1, -0.05) is 15.9 Å². The lowest BCUT2D eigenvalue weighted by Crippen LogP contribution is -2.44. The molecule has 1 aromatic carbocycles. The molecule has 1 aliphatic heterocycles. The highest BCUT2D eigenvalue weighted by Gasteiger charge is 2.35. The summed E-state index contributed by atoms with van der Waals surface area (Å²) in [5, 5.41) is 4.47. The lowest BCUT2D eigenvalue weighted by Gasteiger charge is -2.33. The van der Waals surface area contributed by atoms with E-state index in [0.717, 1.165) is 11.3 Å². The van der Waals surface area contributed by atoms with Crippen LogP contribution in [0.4, 0.5) is 10.1 Å². The molecule has 0 aliphatic carbocycles. The number of aromatic nitrogens is 2. The SMILES string of the molecule is COCOCc1nn(C)c(C)c1CN1C(=O)[C@@H](C)Oc2c(F)cc(Br)cc21. The summed E-state index contributed by atoms with van der Waals surface area (Å²) in [7, 11) is 3.37. The Labute approximate surface area is 165 Å². The molecule has 0 bridgehead atoms. The van der Waals surface area contributed by atoms with Crippen LogP contribution in [-0.2, 0) is 34.5 Å². The number of hydrogen-bond acceptors (Lipinski definition) is 5. The molecule has 3 rings (SSSR count). The molecule has 1 aliphatic rings. The maximum atomic E-state index is 14.4. The Bertz CT molecular complexity index is 871. The van der Waals surface area contributed by atoms with Crippen molar-refractivity contribution in [3.05, 3.63) is 39.4 Å². The normalized spacial score (nSPS) is 16.4. The van der Waals surface area contributed by atoms with Crippen molar-refractivity contribution in [1.29, 1.82) is 0 Å². The minimum absolute atomic E-state index is 0.0732. The van der Waals surface area contributed by atoms with Crippen molar-refractivity contribution in [2.45, 2.75) is 33.1 Å². The number of ether oxygens (including phenoxy) is 3. The number of benzene rings is 1. The number of halogens is 2. The maximum absolute atomic E-state index is 14.4. The number of anilines is 1. The van der Waals surface area contributed by atoms with E-state index in [0.29, 0.717) is 15.9 Å². The summed E-state index contributed by atoms with van der Waals surface area (Å²) < 4.78 is 32.5. The van der Waals surface area contributed by atoms with Gasteiger partial charge in [0.1, 0.15) is 6.79 Å². The number of amides is 1. The van der Waals surface area contributed by atoms with E-state index in [2.05, 4.69) is 21.0 Å². The second-order valence-electron chi connectivity index (χ2n) is 6.31. The first kappa shape index (κ1) is 19.8. The third-order valence-electron chi connectivity index (χ3n) is 4.49. The molecule has 0 saturated carbocycles. The van der Waals surface area contributed by atoms with Gasteiger partial charge in [-0.3, -0.25) is 9.48 Å². The van der Waals surface area contributed by atoms with E-state index >= 15 is 0 Å². The molecule has 146 valence electrons. The van der Waals surface area contributed by atoms with E-state index in [1.165, 1.54) is 11.0 Å². The molecule has 0 saturated heterocycles. The third-order valence-corrected chi connectivity index (χ3v) is 4.94. The zero-order valence-corrected chi connectivity index (χ0v) is 17.2. The lowest BCUT2D eigenvalue weighted by molar-refractivity contribution is -0.125. The molecule has 0 N–H and O–H groups in total. The van der Waals surface area contributed by atoms with Crippen LogP contribution in [-0.4, -0.2) is 35.7 Å². The topological polar surface area (TPSA) is 65.8 Å². The van der Waals surface area contributed by atoms with Gasteiger partial charge in [0, 0.05) is 29.9 Å². The van der Waals surface area contributed by atoms with Crippen molar-refractivity contribution in [1.82, 2.24) is 9.78 Å². The van der Waals surface area contributed by atoms with Gasteiger partial charge in [0.2, 0.25) is 0 Å². The monoisotopic (exact) mass is 441 g/mol. The maximum Gasteiger partial charge on any atom is 0.268 e. The van der Waals surface area contributed by atoms with Gasteiger partial charge in [-0.25, -0.2) is 4.39 Å². The highest BCUT2D eigenvalue weighted by atomic mass is 79.9. The molecular formula is C18H21BrFN3O4. The number of methoxy groups -OCH3 is 1. The summed E-state index contributed by atoms with van der Waals surface area (Å²) >= 11 is 3.28. The van der Waals surface area contributed by atoms with Gasteiger partial charge < -0.3 is 19.1 Å². The number of hydrogen-bond donors (Lipinski definition) is 0. The third kappa shape index (κ3) is 3.85. The van der Waals surface area contributed by atoms with Crippen LogP contribution >= 0.6 is 15.9 Å². The van der Waals surface area contributed by atoms with E-state index < -0.39 is 11.9 Å². The average Bonchev–Trinajstić information content (AvgIpc) is 2.87. The van der Waals surface area contributed by atoms with Crippen LogP contribution in [0.25, 0.3) is 0 Å². The van der Waals surface area contributed by atoms with Gasteiger partial charge in [-0.2, -0.15) is 5.10 Å². The highest BCUT2D eigenvalue weighted by Crippen LogP contribution is 2.40. The van der Waals surface area contributed by atoms with Gasteiger partial charge in [0.25, 0.3) is 5.91 Å². The summed E-state index contributed by atoms with van der Waals surface area (Å²) in [5.74, 6) is -0.689. The molecule has 1 amide bonds. The van der Waals surface area contributed by atoms with Crippen LogP contribution in [0.3, 0.4) is 0 Å². The Morgan fingerprint density at radius 3 is 2.85 bits per heavy atom. The molecule has 0 radical (unpaired) electrons. The van der Waals surface area contributed by atoms with Gasteiger partial charge in [-0.15, -0.1) is 0 Å². The van der Waals surface area contributed by atoms with E-state index in [4.69, 9.17) is 14.2 Å². The molecule has 7 nitrogen and oxygen atoms in total. The first-order valence-electron chi connectivity index (χ1n) is 8.38. The summed E-state index contributed by atoms with van der Waals surface area (Å²) in [6.45, 7) is 4.15. The zero-order valence-electron chi connectivity index (χ0n) is 15.6. The Hall–Kier alpha value is -1.97. The molecule has 1 aromatic heterocycles. The number of rotatable bonds is 6. The molecule has 0 spiro atoms. The summed E-state index contributed by atoms with van der Waals surface area (Å²) in [4.78, 5) is 14.3. The Morgan fingerprint density at radius 1 is 1.41 bits per heavy atom. The molecule has 1 atom stereocenters. The average molecular weight is 442 g/mol. The van der Waals surface area contributed by atoms with Crippen molar-refractivity contribution in [2.24, 2.45) is 7.05 Å². The van der Waals surface area contributed by atoms with Crippen molar-refractivity contribution in [3.63, 3.8) is 0 Å². The molecule has 0 fully saturated rings. The van der Waals surface area contributed by atoms with E-state index in [1.807, 2.05) is 14.0 Å². The van der Waals surface area contributed by atoms with Crippen LogP contribution in [0.15, 0.2) is 16.6 Å². The Morgan fingerprint density at radius 2 is 2.15 bits per heavy atom. The van der Waals surface area contributed by atoms with Crippen LogP contribution < -0.4 is 9.64 Å². The fraction of sp³-hybridized carbons (Fsp3) is 0.444. The summed E-state index contributed by atoms with van der Waals surface area (Å²) in [6.07, 6.45) is -0.779. The first-order valence-corrected chi connectivity index (χ1v) is 9.17. The number of carbonyl (C=O) groups is 1. The van der Waals surface area contributed by atoms with Gasteiger partial charge >= 0.3 is 0 Å². The van der Waals surface area contributed by atoms with Crippen molar-refractivity contribution in [2.75, 3.05) is 18.8 Å². The molecular weight excluding hydrogens is 421 g/mol. The largest absolute Gasteiger partial charge is 0.476 e. The Kier molecular flexibility index (Phi) is 5.83. The fourth-order valence-electron chi connectivity index (χ4n) is 3.01. The lowest BCUT2D eigenvalue weighted by atomic mass is 10.1. The highest BCUT2D eigenvalue weighted by molar-refractivity contribution is 9.10. The second-order valence-corrected chi connectivity index (χ2v) is 7.23. The summed E-state index contributed by atoms with van der Waals surface area (Å²) in [6, 6.07) is 2.99. The molecule has 9 heteroatoms. The minimum atomic E-state index is -0.779. The van der Waals surface area contributed by atoms with Crippen LogP contribution in [0.5, 0.6) is 5.75 Å². The molecule has 0 unspecified atom stereocenters.